The van der Waals surface area contributed by atoms with Crippen molar-refractivity contribution < 1.29 is 0 Å². The number of benzene rings is 3. The van der Waals surface area contributed by atoms with Gasteiger partial charge in [0, 0.05) is 44.3 Å². The SMILES string of the molecule is Clc1cccc(Cn2c(CN3CCN(Cc4ccccc4)CC3)nc3ccccc32)c1. The second kappa shape index (κ2) is 9.23. The van der Waals surface area contributed by atoms with E-state index in [1.165, 1.54) is 16.6 Å². The zero-order chi connectivity index (χ0) is 21.0. The predicted molar refractivity (Wildman–Crippen MR) is 127 cm³/mol. The molecular weight excluding hydrogens is 404 g/mol. The van der Waals surface area contributed by atoms with E-state index in [-0.39, 0.29) is 0 Å². The van der Waals surface area contributed by atoms with Gasteiger partial charge < -0.3 is 4.57 Å². The smallest absolute Gasteiger partial charge is 0.124 e. The number of halogens is 1. The zero-order valence-electron chi connectivity index (χ0n) is 17.6. The highest BCUT2D eigenvalue weighted by molar-refractivity contribution is 6.30. The molecule has 158 valence electrons. The molecule has 31 heavy (non-hydrogen) atoms. The second-order valence-corrected chi connectivity index (χ2v) is 8.71. The molecule has 0 aliphatic carbocycles. The summed E-state index contributed by atoms with van der Waals surface area (Å²) < 4.78 is 2.34. The minimum absolute atomic E-state index is 0.776. The lowest BCUT2D eigenvalue weighted by Crippen LogP contribution is -2.45. The number of piperazine rings is 1. The van der Waals surface area contributed by atoms with Gasteiger partial charge in [-0.3, -0.25) is 9.80 Å². The minimum atomic E-state index is 0.776. The van der Waals surface area contributed by atoms with Crippen LogP contribution in [0, 0.1) is 0 Å². The molecule has 0 radical (unpaired) electrons. The third-order valence-electron chi connectivity index (χ3n) is 6.04. The summed E-state index contributed by atoms with van der Waals surface area (Å²) in [6, 6.07) is 27.3. The van der Waals surface area contributed by atoms with Crippen molar-refractivity contribution in [3.63, 3.8) is 0 Å². The van der Waals surface area contributed by atoms with Gasteiger partial charge in [-0.05, 0) is 35.4 Å². The largest absolute Gasteiger partial charge is 0.322 e. The van der Waals surface area contributed by atoms with E-state index < -0.39 is 0 Å². The topological polar surface area (TPSA) is 24.3 Å². The average Bonchev–Trinajstić information content (AvgIpc) is 3.13. The van der Waals surface area contributed by atoms with Gasteiger partial charge in [0.25, 0.3) is 0 Å². The molecule has 0 spiro atoms. The molecule has 5 heteroatoms. The third-order valence-corrected chi connectivity index (χ3v) is 6.28. The molecule has 1 aliphatic heterocycles. The number of nitrogens with zero attached hydrogens (tertiary/aromatic N) is 4. The van der Waals surface area contributed by atoms with Crippen LogP contribution >= 0.6 is 11.6 Å². The number of aromatic nitrogens is 2. The Morgan fingerprint density at radius 2 is 1.35 bits per heavy atom. The minimum Gasteiger partial charge on any atom is -0.322 e. The van der Waals surface area contributed by atoms with Gasteiger partial charge in [-0.1, -0.05) is 66.2 Å². The standard InChI is InChI=1S/C26H27ClN4/c27-23-10-6-9-22(17-23)19-31-25-12-5-4-11-24(25)28-26(31)20-30-15-13-29(14-16-30)18-21-7-2-1-3-8-21/h1-12,17H,13-16,18-20H2. The molecule has 1 fully saturated rings. The van der Waals surface area contributed by atoms with E-state index in [0.29, 0.717) is 0 Å². The first kappa shape index (κ1) is 20.3. The molecule has 1 aliphatic rings. The third kappa shape index (κ3) is 4.82. The molecule has 0 saturated carbocycles. The van der Waals surface area contributed by atoms with Gasteiger partial charge in [0.05, 0.1) is 17.6 Å². The van der Waals surface area contributed by atoms with Crippen LogP contribution in [0.3, 0.4) is 0 Å². The number of rotatable bonds is 6. The van der Waals surface area contributed by atoms with Crippen molar-refractivity contribution in [2.75, 3.05) is 26.2 Å². The predicted octanol–water partition coefficient (Wildman–Crippen LogP) is 5.06. The van der Waals surface area contributed by atoms with Crippen molar-refractivity contribution in [3.05, 3.63) is 101 Å². The molecule has 0 atom stereocenters. The van der Waals surface area contributed by atoms with Crippen LogP contribution in [0.5, 0.6) is 0 Å². The lowest BCUT2D eigenvalue weighted by atomic mass is 10.2. The van der Waals surface area contributed by atoms with Crippen LogP contribution in [0.25, 0.3) is 11.0 Å². The number of hydrogen-bond acceptors (Lipinski definition) is 3. The Hall–Kier alpha value is -2.66. The summed E-state index contributed by atoms with van der Waals surface area (Å²) in [6.45, 7) is 6.98. The van der Waals surface area contributed by atoms with Gasteiger partial charge in [-0.25, -0.2) is 4.98 Å². The summed E-state index contributed by atoms with van der Waals surface area (Å²) in [6.07, 6.45) is 0. The van der Waals surface area contributed by atoms with Crippen LogP contribution in [0.4, 0.5) is 0 Å². The van der Waals surface area contributed by atoms with Crippen LogP contribution in [0.15, 0.2) is 78.9 Å². The Morgan fingerprint density at radius 3 is 2.13 bits per heavy atom. The number of fused-ring (bicyclic) bond motifs is 1. The molecular formula is C26H27ClN4. The summed E-state index contributed by atoms with van der Waals surface area (Å²) in [5.41, 5.74) is 4.83. The zero-order valence-corrected chi connectivity index (χ0v) is 18.4. The van der Waals surface area contributed by atoms with Crippen LogP contribution < -0.4 is 0 Å². The van der Waals surface area contributed by atoms with Gasteiger partial charge >= 0.3 is 0 Å². The Labute approximate surface area is 188 Å². The Morgan fingerprint density at radius 1 is 0.677 bits per heavy atom. The van der Waals surface area contributed by atoms with Crippen LogP contribution in [-0.2, 0) is 19.6 Å². The van der Waals surface area contributed by atoms with Crippen molar-refractivity contribution in [2.45, 2.75) is 19.6 Å². The van der Waals surface area contributed by atoms with E-state index in [9.17, 15) is 0 Å². The Kier molecular flexibility index (Phi) is 6.03. The molecule has 5 rings (SSSR count). The van der Waals surface area contributed by atoms with Crippen LogP contribution in [-0.4, -0.2) is 45.5 Å². The van der Waals surface area contributed by atoms with Gasteiger partial charge in [0.2, 0.25) is 0 Å². The number of imidazole rings is 1. The Bertz CT molecular complexity index is 1150. The van der Waals surface area contributed by atoms with Gasteiger partial charge in [0.15, 0.2) is 0 Å². The quantitative estimate of drug-likeness (QED) is 0.427. The van der Waals surface area contributed by atoms with Crippen molar-refractivity contribution in [1.29, 1.82) is 0 Å². The van der Waals surface area contributed by atoms with Gasteiger partial charge in [-0.15, -0.1) is 0 Å². The molecule has 0 bridgehead atoms. The van der Waals surface area contributed by atoms with Crippen molar-refractivity contribution in [2.24, 2.45) is 0 Å². The maximum Gasteiger partial charge on any atom is 0.124 e. The van der Waals surface area contributed by atoms with Crippen molar-refractivity contribution in [1.82, 2.24) is 19.4 Å². The average molecular weight is 431 g/mol. The monoisotopic (exact) mass is 430 g/mol. The molecule has 4 nitrogen and oxygen atoms in total. The first-order valence-corrected chi connectivity index (χ1v) is 11.3. The van der Waals surface area contributed by atoms with Gasteiger partial charge in [-0.2, -0.15) is 0 Å². The van der Waals surface area contributed by atoms with Crippen LogP contribution in [0.1, 0.15) is 17.0 Å². The van der Waals surface area contributed by atoms with E-state index in [4.69, 9.17) is 16.6 Å². The molecule has 3 aromatic carbocycles. The highest BCUT2D eigenvalue weighted by Crippen LogP contribution is 2.21. The molecule has 0 unspecified atom stereocenters. The fourth-order valence-electron chi connectivity index (χ4n) is 4.39. The summed E-state index contributed by atoms with van der Waals surface area (Å²) in [4.78, 5) is 10.1. The fraction of sp³-hybridized carbons (Fsp3) is 0.269. The molecule has 4 aromatic rings. The highest BCUT2D eigenvalue weighted by Gasteiger charge is 2.20. The Balaban J connectivity index is 1.30. The maximum atomic E-state index is 6.23. The van der Waals surface area contributed by atoms with E-state index in [0.717, 1.165) is 62.2 Å². The normalized spacial score (nSPS) is 15.5. The lowest BCUT2D eigenvalue weighted by molar-refractivity contribution is 0.119. The first-order valence-electron chi connectivity index (χ1n) is 10.9. The highest BCUT2D eigenvalue weighted by atomic mass is 35.5. The summed E-state index contributed by atoms with van der Waals surface area (Å²) >= 11 is 6.23. The summed E-state index contributed by atoms with van der Waals surface area (Å²) in [5.74, 6) is 1.12. The van der Waals surface area contributed by atoms with Crippen LogP contribution in [0.2, 0.25) is 5.02 Å². The molecule has 1 saturated heterocycles. The number of hydrogen-bond donors (Lipinski definition) is 0. The lowest BCUT2D eigenvalue weighted by Gasteiger charge is -2.34. The fourth-order valence-corrected chi connectivity index (χ4v) is 4.60. The van der Waals surface area contributed by atoms with E-state index in [2.05, 4.69) is 75.0 Å². The number of para-hydroxylation sites is 2. The molecule has 0 amide bonds. The maximum absolute atomic E-state index is 6.23. The second-order valence-electron chi connectivity index (χ2n) is 8.27. The molecule has 1 aromatic heterocycles. The summed E-state index contributed by atoms with van der Waals surface area (Å²) in [7, 11) is 0. The molecule has 2 heterocycles. The summed E-state index contributed by atoms with van der Waals surface area (Å²) in [5, 5.41) is 0.776. The van der Waals surface area contributed by atoms with E-state index >= 15 is 0 Å². The molecule has 0 N–H and O–H groups in total. The van der Waals surface area contributed by atoms with Crippen molar-refractivity contribution in [3.8, 4) is 0 Å². The first-order chi connectivity index (χ1) is 15.2. The van der Waals surface area contributed by atoms with E-state index in [1.54, 1.807) is 0 Å². The van der Waals surface area contributed by atoms with Gasteiger partial charge in [0.1, 0.15) is 5.82 Å². The van der Waals surface area contributed by atoms with Crippen molar-refractivity contribution >= 4 is 22.6 Å². The van der Waals surface area contributed by atoms with E-state index in [1.807, 2.05) is 18.2 Å².